The Bertz CT molecular complexity index is 1980. The first kappa shape index (κ1) is 35.6. The molecule has 3 N–H and O–H groups in total. The molecule has 13 nitrogen and oxygen atoms in total. The van der Waals surface area contributed by atoms with Gasteiger partial charge in [-0.25, -0.2) is 0 Å². The Hall–Kier alpha value is -5.79. The van der Waals surface area contributed by atoms with Crippen molar-refractivity contribution in [2.45, 2.75) is 44.2 Å². The maximum atomic E-state index is 13.4. The monoisotopic (exact) mass is 716 g/mol. The second-order valence-electron chi connectivity index (χ2n) is 13.8. The van der Waals surface area contributed by atoms with Crippen molar-refractivity contribution in [1.82, 2.24) is 25.3 Å². The molecule has 3 fully saturated rings. The first-order valence-corrected chi connectivity index (χ1v) is 17.9. The van der Waals surface area contributed by atoms with Crippen LogP contribution < -0.4 is 16.0 Å². The van der Waals surface area contributed by atoms with Crippen molar-refractivity contribution >= 4 is 46.8 Å². The third-order valence-electron chi connectivity index (χ3n) is 10.4. The Morgan fingerprint density at radius 3 is 2.19 bits per heavy atom. The van der Waals surface area contributed by atoms with Gasteiger partial charge in [0.25, 0.3) is 17.7 Å². The van der Waals surface area contributed by atoms with Crippen LogP contribution in [-0.4, -0.2) is 101 Å². The van der Waals surface area contributed by atoms with Crippen LogP contribution in [0.3, 0.4) is 0 Å². The summed E-state index contributed by atoms with van der Waals surface area (Å²) in [7, 11) is 0. The molecule has 0 radical (unpaired) electrons. The standard InChI is InChI=1S/C40H40N6O7/c47-33-21-28(26-5-2-1-3-6-26)22-34(48)30(33)23-41-15-16-44-17-19-45(20-18-44)24-25-9-11-27(12-10-25)37(50)42-31-8-4-7-29-36(31)40(53)46(39(29)52)32-13-14-35(49)43-38(32)51/h1-12,23,28,32,41H,13-22,24H2,(H,42,50)(H,43,49,51). The third-order valence-corrected chi connectivity index (χ3v) is 10.4. The summed E-state index contributed by atoms with van der Waals surface area (Å²) in [5, 5.41) is 8.12. The fourth-order valence-electron chi connectivity index (χ4n) is 7.42. The molecule has 13 heteroatoms. The van der Waals surface area contributed by atoms with Crippen molar-refractivity contribution < 1.29 is 33.6 Å². The Kier molecular flexibility index (Phi) is 10.4. The molecule has 1 atom stereocenters. The lowest BCUT2D eigenvalue weighted by molar-refractivity contribution is -0.136. The topological polar surface area (TPSA) is 165 Å². The number of carbonyl (C=O) groups is 7. The van der Waals surface area contributed by atoms with Crippen molar-refractivity contribution in [3.05, 3.63) is 112 Å². The summed E-state index contributed by atoms with van der Waals surface area (Å²) < 4.78 is 0. The number of rotatable bonds is 10. The number of hydrogen-bond donors (Lipinski definition) is 3. The van der Waals surface area contributed by atoms with E-state index in [-0.39, 0.29) is 52.7 Å². The Morgan fingerprint density at radius 2 is 1.49 bits per heavy atom. The van der Waals surface area contributed by atoms with Gasteiger partial charge in [0.15, 0.2) is 11.6 Å². The van der Waals surface area contributed by atoms with E-state index < -0.39 is 35.6 Å². The highest BCUT2D eigenvalue weighted by Gasteiger charge is 2.45. The summed E-state index contributed by atoms with van der Waals surface area (Å²) in [5.41, 5.74) is 2.99. The van der Waals surface area contributed by atoms with Crippen LogP contribution in [0.1, 0.15) is 73.8 Å². The van der Waals surface area contributed by atoms with Gasteiger partial charge in [-0.2, -0.15) is 0 Å². The van der Waals surface area contributed by atoms with E-state index >= 15 is 0 Å². The van der Waals surface area contributed by atoms with Crippen molar-refractivity contribution in [2.75, 3.05) is 44.6 Å². The van der Waals surface area contributed by atoms with Crippen molar-refractivity contribution in [1.29, 1.82) is 0 Å². The number of nitrogens with zero attached hydrogens (tertiary/aromatic N) is 3. The van der Waals surface area contributed by atoms with Crippen molar-refractivity contribution in [2.24, 2.45) is 0 Å². The van der Waals surface area contributed by atoms with Crippen LogP contribution in [0.4, 0.5) is 5.69 Å². The van der Waals surface area contributed by atoms with Gasteiger partial charge in [0.1, 0.15) is 6.04 Å². The minimum absolute atomic E-state index is 0.0165. The number of carbonyl (C=O) groups excluding carboxylic acids is 7. The molecule has 3 aliphatic heterocycles. The van der Waals surface area contributed by atoms with Crippen LogP contribution in [0, 0.1) is 0 Å². The van der Waals surface area contributed by atoms with E-state index in [1.807, 2.05) is 42.5 Å². The van der Waals surface area contributed by atoms with Crippen LogP contribution in [0.25, 0.3) is 0 Å². The second-order valence-corrected chi connectivity index (χ2v) is 13.8. The molecule has 1 saturated carbocycles. The zero-order valence-corrected chi connectivity index (χ0v) is 29.1. The summed E-state index contributed by atoms with van der Waals surface area (Å²) in [6.07, 6.45) is 2.34. The number of imide groups is 2. The molecule has 7 rings (SSSR count). The lowest BCUT2D eigenvalue weighted by Crippen LogP contribution is -2.54. The van der Waals surface area contributed by atoms with Gasteiger partial charge < -0.3 is 10.6 Å². The van der Waals surface area contributed by atoms with Gasteiger partial charge in [-0.05, 0) is 47.7 Å². The van der Waals surface area contributed by atoms with Gasteiger partial charge in [0.2, 0.25) is 11.8 Å². The van der Waals surface area contributed by atoms with Gasteiger partial charge in [-0.3, -0.25) is 53.6 Å². The number of ketones is 2. The van der Waals surface area contributed by atoms with Crippen LogP contribution in [0.15, 0.2) is 84.6 Å². The predicted octanol–water partition coefficient (Wildman–Crippen LogP) is 2.65. The average Bonchev–Trinajstić information content (AvgIpc) is 3.41. The quantitative estimate of drug-likeness (QED) is 0.123. The smallest absolute Gasteiger partial charge is 0.264 e. The number of nitrogens with one attached hydrogen (secondary N) is 3. The number of amides is 5. The molecular weight excluding hydrogens is 676 g/mol. The highest BCUT2D eigenvalue weighted by atomic mass is 16.2. The molecule has 272 valence electrons. The summed E-state index contributed by atoms with van der Waals surface area (Å²) in [6, 6.07) is 20.4. The van der Waals surface area contributed by atoms with Gasteiger partial charge in [-0.1, -0.05) is 48.5 Å². The van der Waals surface area contributed by atoms with Crippen LogP contribution >= 0.6 is 0 Å². The molecule has 53 heavy (non-hydrogen) atoms. The maximum Gasteiger partial charge on any atom is 0.264 e. The predicted molar refractivity (Wildman–Crippen MR) is 194 cm³/mol. The average molecular weight is 717 g/mol. The first-order chi connectivity index (χ1) is 25.7. The van der Waals surface area contributed by atoms with E-state index in [4.69, 9.17) is 0 Å². The number of fused-ring (bicyclic) bond motifs is 1. The highest BCUT2D eigenvalue weighted by molar-refractivity contribution is 6.26. The fourth-order valence-corrected chi connectivity index (χ4v) is 7.42. The summed E-state index contributed by atoms with van der Waals surface area (Å²) >= 11 is 0. The number of benzene rings is 3. The lowest BCUT2D eigenvalue weighted by atomic mass is 9.80. The maximum absolute atomic E-state index is 13.4. The van der Waals surface area contributed by atoms with Gasteiger partial charge >= 0.3 is 0 Å². The minimum Gasteiger partial charge on any atom is -0.389 e. The normalized spacial score (nSPS) is 21.1. The summed E-state index contributed by atoms with van der Waals surface area (Å²) in [6.45, 7) is 5.61. The van der Waals surface area contributed by atoms with Gasteiger partial charge in [0, 0.05) is 76.8 Å². The molecule has 4 aliphatic rings. The zero-order chi connectivity index (χ0) is 37.1. The molecule has 0 bridgehead atoms. The number of piperidine rings is 1. The van der Waals surface area contributed by atoms with Crippen LogP contribution in [-0.2, 0) is 25.7 Å². The molecule has 3 aromatic rings. The molecule has 1 unspecified atom stereocenters. The van der Waals surface area contributed by atoms with E-state index in [2.05, 4.69) is 25.8 Å². The summed E-state index contributed by atoms with van der Waals surface area (Å²) in [5.74, 6) is -3.22. The second kappa shape index (κ2) is 15.4. The third kappa shape index (κ3) is 7.71. The van der Waals surface area contributed by atoms with E-state index in [1.54, 1.807) is 24.4 Å². The molecular formula is C40H40N6O7. The van der Waals surface area contributed by atoms with E-state index in [0.717, 1.165) is 48.8 Å². The molecule has 0 spiro atoms. The molecule has 5 amide bonds. The lowest BCUT2D eigenvalue weighted by Gasteiger charge is -2.34. The number of piperazine rings is 1. The molecule has 3 aromatic carbocycles. The van der Waals surface area contributed by atoms with Crippen molar-refractivity contribution in [3.63, 3.8) is 0 Å². The van der Waals surface area contributed by atoms with Gasteiger partial charge in [-0.15, -0.1) is 0 Å². The van der Waals surface area contributed by atoms with Crippen molar-refractivity contribution in [3.8, 4) is 0 Å². The molecule has 3 heterocycles. The fraction of sp³-hybridized carbons (Fsp3) is 0.325. The number of Topliss-reactive ketones (excluding diaryl/α,β-unsaturated/α-hetero) is 2. The van der Waals surface area contributed by atoms with E-state index in [9.17, 15) is 33.6 Å². The first-order valence-electron chi connectivity index (χ1n) is 17.9. The molecule has 1 aliphatic carbocycles. The van der Waals surface area contributed by atoms with E-state index in [0.29, 0.717) is 31.5 Å². The molecule has 2 saturated heterocycles. The zero-order valence-electron chi connectivity index (χ0n) is 29.1. The summed E-state index contributed by atoms with van der Waals surface area (Å²) in [4.78, 5) is 94.7. The number of hydrogen-bond acceptors (Lipinski definition) is 10. The SMILES string of the molecule is O=C1CCC(N2C(=O)c3cccc(NC(=O)c4ccc(CN5CCN(CCNC=C6C(=O)CC(c7ccccc7)CC6=O)CC5)cc4)c3C2=O)C(=O)N1. The van der Waals surface area contributed by atoms with Crippen LogP contribution in [0.5, 0.6) is 0 Å². The highest BCUT2D eigenvalue weighted by Crippen LogP contribution is 2.33. The number of anilines is 1. The Morgan fingerprint density at radius 1 is 0.792 bits per heavy atom. The Balaban J connectivity index is 0.861. The van der Waals surface area contributed by atoms with E-state index in [1.165, 1.54) is 12.1 Å². The largest absolute Gasteiger partial charge is 0.389 e. The molecule has 0 aromatic heterocycles. The van der Waals surface area contributed by atoms with Crippen LogP contribution in [0.2, 0.25) is 0 Å². The minimum atomic E-state index is -1.10. The van der Waals surface area contributed by atoms with Gasteiger partial charge in [0.05, 0.1) is 22.4 Å². The Labute approximate surface area is 306 Å². The number of allylic oxidation sites excluding steroid dienone is 1.